The second kappa shape index (κ2) is 7.19. The van der Waals surface area contributed by atoms with Crippen LogP contribution in [-0.4, -0.2) is 63.1 Å². The number of ether oxygens (including phenoxy) is 1. The van der Waals surface area contributed by atoms with Crippen molar-refractivity contribution in [3.05, 3.63) is 28.7 Å². The van der Waals surface area contributed by atoms with Crippen LogP contribution in [0.1, 0.15) is 19.3 Å². The summed E-state index contributed by atoms with van der Waals surface area (Å²) in [4.78, 5) is 2.83. The zero-order chi connectivity index (χ0) is 16.4. The molecule has 2 aliphatic heterocycles. The third-order valence-electron chi connectivity index (χ3n) is 4.90. The smallest absolute Gasteiger partial charge is 0.243 e. The van der Waals surface area contributed by atoms with Gasteiger partial charge in [0.15, 0.2) is 0 Å². The first-order valence-corrected chi connectivity index (χ1v) is 10.3. The SMILES string of the molecule is COC1CCN(C2CCN(S(=O)(=O)c3ccc(Br)cc3)CC2)C1. The lowest BCUT2D eigenvalue weighted by Gasteiger charge is -2.36. The van der Waals surface area contributed by atoms with Crippen molar-refractivity contribution in [2.75, 3.05) is 33.3 Å². The molecule has 2 aliphatic rings. The van der Waals surface area contributed by atoms with Crippen molar-refractivity contribution < 1.29 is 13.2 Å². The zero-order valence-corrected chi connectivity index (χ0v) is 15.7. The van der Waals surface area contributed by atoms with Crippen LogP contribution in [0.2, 0.25) is 0 Å². The molecular weight excluding hydrogens is 380 g/mol. The number of likely N-dealkylation sites (tertiary alicyclic amines) is 1. The molecule has 2 saturated heterocycles. The highest BCUT2D eigenvalue weighted by Gasteiger charge is 2.34. The highest BCUT2D eigenvalue weighted by molar-refractivity contribution is 9.10. The van der Waals surface area contributed by atoms with Crippen molar-refractivity contribution in [1.82, 2.24) is 9.21 Å². The van der Waals surface area contributed by atoms with E-state index in [1.54, 1.807) is 35.7 Å². The van der Waals surface area contributed by atoms with Crippen LogP contribution in [0, 0.1) is 0 Å². The van der Waals surface area contributed by atoms with Crippen LogP contribution in [0.25, 0.3) is 0 Å². The maximum absolute atomic E-state index is 12.7. The van der Waals surface area contributed by atoms with Crippen LogP contribution in [0.3, 0.4) is 0 Å². The predicted octanol–water partition coefficient (Wildman–Crippen LogP) is 2.32. The van der Waals surface area contributed by atoms with E-state index >= 15 is 0 Å². The third kappa shape index (κ3) is 3.79. The highest BCUT2D eigenvalue weighted by atomic mass is 79.9. The van der Waals surface area contributed by atoms with E-state index in [2.05, 4.69) is 20.8 Å². The minimum Gasteiger partial charge on any atom is -0.380 e. The first-order chi connectivity index (χ1) is 11.0. The number of nitrogens with zero attached hydrogens (tertiary/aromatic N) is 2. The van der Waals surface area contributed by atoms with Gasteiger partial charge in [-0.15, -0.1) is 0 Å². The fraction of sp³-hybridized carbons (Fsp3) is 0.625. The van der Waals surface area contributed by atoms with E-state index in [0.29, 0.717) is 30.1 Å². The molecule has 1 unspecified atom stereocenters. The van der Waals surface area contributed by atoms with Crippen molar-refractivity contribution in [3.63, 3.8) is 0 Å². The number of benzene rings is 1. The van der Waals surface area contributed by atoms with Gasteiger partial charge in [0.1, 0.15) is 0 Å². The van der Waals surface area contributed by atoms with Gasteiger partial charge in [-0.05, 0) is 43.5 Å². The van der Waals surface area contributed by atoms with E-state index in [1.165, 1.54) is 0 Å². The van der Waals surface area contributed by atoms with Crippen LogP contribution < -0.4 is 0 Å². The lowest BCUT2D eigenvalue weighted by molar-refractivity contribution is 0.0925. The van der Waals surface area contributed by atoms with Crippen LogP contribution >= 0.6 is 15.9 Å². The molecular formula is C16H23BrN2O3S. The molecule has 2 fully saturated rings. The van der Waals surface area contributed by atoms with Crippen LogP contribution in [0.4, 0.5) is 0 Å². The molecule has 1 atom stereocenters. The fourth-order valence-electron chi connectivity index (χ4n) is 3.48. The summed E-state index contributed by atoms with van der Waals surface area (Å²) < 4.78 is 33.3. The maximum Gasteiger partial charge on any atom is 0.243 e. The number of piperidine rings is 1. The molecule has 0 aliphatic carbocycles. The third-order valence-corrected chi connectivity index (χ3v) is 7.34. The molecule has 0 saturated carbocycles. The molecule has 0 spiro atoms. The van der Waals surface area contributed by atoms with Gasteiger partial charge in [-0.25, -0.2) is 8.42 Å². The molecule has 0 amide bonds. The summed E-state index contributed by atoms with van der Waals surface area (Å²) in [5, 5.41) is 0. The minimum absolute atomic E-state index is 0.333. The van der Waals surface area contributed by atoms with Gasteiger partial charge in [-0.3, -0.25) is 4.90 Å². The first kappa shape index (κ1) is 17.4. The van der Waals surface area contributed by atoms with E-state index < -0.39 is 10.0 Å². The van der Waals surface area contributed by atoms with Gasteiger partial charge in [0.2, 0.25) is 10.0 Å². The average Bonchev–Trinajstić information content (AvgIpc) is 3.04. The number of methoxy groups -OCH3 is 1. The Kier molecular flexibility index (Phi) is 5.42. The lowest BCUT2D eigenvalue weighted by Crippen LogP contribution is -2.46. The van der Waals surface area contributed by atoms with E-state index in [1.807, 2.05) is 0 Å². The Labute approximate surface area is 146 Å². The van der Waals surface area contributed by atoms with Crippen molar-refractivity contribution in [2.24, 2.45) is 0 Å². The number of sulfonamides is 1. The summed E-state index contributed by atoms with van der Waals surface area (Å²) >= 11 is 3.34. The molecule has 128 valence electrons. The fourth-order valence-corrected chi connectivity index (χ4v) is 5.22. The maximum atomic E-state index is 12.7. The standard InChI is InChI=1S/C16H23BrN2O3S/c1-22-15-8-9-18(12-15)14-6-10-19(11-7-14)23(20,21)16-4-2-13(17)3-5-16/h2-5,14-15H,6-12H2,1H3. The predicted molar refractivity (Wildman–Crippen MR) is 92.9 cm³/mol. The topological polar surface area (TPSA) is 49.9 Å². The Morgan fingerprint density at radius 1 is 1.09 bits per heavy atom. The van der Waals surface area contributed by atoms with E-state index in [4.69, 9.17) is 4.74 Å². The number of hydrogen-bond acceptors (Lipinski definition) is 4. The number of halogens is 1. The summed E-state index contributed by atoms with van der Waals surface area (Å²) in [6.45, 7) is 3.22. The number of rotatable bonds is 4. The van der Waals surface area contributed by atoms with Crippen molar-refractivity contribution in [1.29, 1.82) is 0 Å². The quantitative estimate of drug-likeness (QED) is 0.775. The summed E-state index contributed by atoms with van der Waals surface area (Å²) in [5.41, 5.74) is 0. The highest BCUT2D eigenvalue weighted by Crippen LogP contribution is 2.26. The van der Waals surface area contributed by atoms with Crippen LogP contribution in [0.5, 0.6) is 0 Å². The van der Waals surface area contributed by atoms with Crippen molar-refractivity contribution in [3.8, 4) is 0 Å². The molecule has 5 nitrogen and oxygen atoms in total. The summed E-state index contributed by atoms with van der Waals surface area (Å²) in [5.74, 6) is 0. The molecule has 0 bridgehead atoms. The molecule has 3 rings (SSSR count). The molecule has 2 heterocycles. The number of hydrogen-bond donors (Lipinski definition) is 0. The molecule has 1 aromatic rings. The summed E-state index contributed by atoms with van der Waals surface area (Å²) in [6.07, 6.45) is 3.20. The van der Waals surface area contributed by atoms with E-state index in [9.17, 15) is 8.42 Å². The van der Waals surface area contributed by atoms with E-state index in [0.717, 1.165) is 36.8 Å². The Balaban J connectivity index is 1.61. The Morgan fingerprint density at radius 2 is 1.74 bits per heavy atom. The van der Waals surface area contributed by atoms with Crippen molar-refractivity contribution in [2.45, 2.75) is 36.3 Å². The molecule has 0 N–H and O–H groups in total. The Morgan fingerprint density at radius 3 is 2.30 bits per heavy atom. The Hall–Kier alpha value is -0.470. The largest absolute Gasteiger partial charge is 0.380 e. The lowest BCUT2D eigenvalue weighted by atomic mass is 10.1. The minimum atomic E-state index is -3.37. The van der Waals surface area contributed by atoms with Gasteiger partial charge in [-0.2, -0.15) is 4.31 Å². The van der Waals surface area contributed by atoms with Crippen LogP contribution in [0.15, 0.2) is 33.6 Å². The molecule has 1 aromatic carbocycles. The summed E-state index contributed by atoms with van der Waals surface area (Å²) in [7, 11) is -1.61. The Bertz CT molecular complexity index is 627. The normalized spacial score (nSPS) is 25.0. The van der Waals surface area contributed by atoms with Gasteiger partial charge in [0.05, 0.1) is 11.0 Å². The molecule has 23 heavy (non-hydrogen) atoms. The van der Waals surface area contributed by atoms with Crippen molar-refractivity contribution >= 4 is 26.0 Å². The van der Waals surface area contributed by atoms with Gasteiger partial charge < -0.3 is 4.74 Å². The zero-order valence-electron chi connectivity index (χ0n) is 13.3. The van der Waals surface area contributed by atoms with E-state index in [-0.39, 0.29) is 0 Å². The van der Waals surface area contributed by atoms with Gasteiger partial charge in [0.25, 0.3) is 0 Å². The van der Waals surface area contributed by atoms with Gasteiger partial charge in [0, 0.05) is 43.8 Å². The first-order valence-electron chi connectivity index (χ1n) is 8.03. The second-order valence-electron chi connectivity index (χ2n) is 6.23. The summed E-state index contributed by atoms with van der Waals surface area (Å²) in [6, 6.07) is 7.35. The second-order valence-corrected chi connectivity index (χ2v) is 9.08. The van der Waals surface area contributed by atoms with Gasteiger partial charge in [-0.1, -0.05) is 15.9 Å². The molecule has 0 radical (unpaired) electrons. The monoisotopic (exact) mass is 402 g/mol. The van der Waals surface area contributed by atoms with Gasteiger partial charge >= 0.3 is 0 Å². The molecule has 7 heteroatoms. The molecule has 0 aromatic heterocycles. The van der Waals surface area contributed by atoms with Crippen LogP contribution in [-0.2, 0) is 14.8 Å². The average molecular weight is 403 g/mol.